The van der Waals surface area contributed by atoms with Crippen molar-refractivity contribution in [3.63, 3.8) is 0 Å². The first kappa shape index (κ1) is 21.6. The first-order valence-electron chi connectivity index (χ1n) is 12.6. The van der Waals surface area contributed by atoms with Crippen LogP contribution < -0.4 is 0 Å². The number of ketones is 1. The Bertz CT molecular complexity index is 663. The summed E-state index contributed by atoms with van der Waals surface area (Å²) in [5.41, 5.74) is 1.59. The molecule has 0 amide bonds. The van der Waals surface area contributed by atoms with Crippen molar-refractivity contribution in [3.05, 3.63) is 11.6 Å². The minimum Gasteiger partial charge on any atom is -0.389 e. The van der Waals surface area contributed by atoms with Crippen LogP contribution in [0.5, 0.6) is 0 Å². The Morgan fingerprint density at radius 3 is 2.55 bits per heavy atom. The molecule has 0 heterocycles. The molecule has 2 nitrogen and oxygen atoms in total. The Kier molecular flexibility index (Phi) is 5.82. The molecule has 4 aliphatic rings. The molecule has 0 aromatic carbocycles. The Morgan fingerprint density at radius 1 is 1.07 bits per heavy atom. The first-order valence-corrected chi connectivity index (χ1v) is 12.6. The fraction of sp³-hybridized carbons (Fsp3) is 0.889. The zero-order valence-corrected chi connectivity index (χ0v) is 19.5. The van der Waals surface area contributed by atoms with Gasteiger partial charge in [-0.2, -0.15) is 0 Å². The van der Waals surface area contributed by atoms with Gasteiger partial charge in [-0.1, -0.05) is 53.9 Å². The maximum absolute atomic E-state index is 12.1. The van der Waals surface area contributed by atoms with Crippen LogP contribution in [0, 0.1) is 46.3 Å². The summed E-state index contributed by atoms with van der Waals surface area (Å²) in [5.74, 6) is 4.81. The van der Waals surface area contributed by atoms with E-state index in [-0.39, 0.29) is 11.2 Å². The van der Waals surface area contributed by atoms with Gasteiger partial charge in [0.05, 0.1) is 6.10 Å². The van der Waals surface area contributed by atoms with Gasteiger partial charge < -0.3 is 5.11 Å². The topological polar surface area (TPSA) is 37.3 Å². The van der Waals surface area contributed by atoms with Crippen LogP contribution >= 0.6 is 0 Å². The van der Waals surface area contributed by atoms with E-state index in [2.05, 4.69) is 34.6 Å². The summed E-state index contributed by atoms with van der Waals surface area (Å²) < 4.78 is 0. The molecule has 1 N–H and O–H groups in total. The molecule has 0 radical (unpaired) electrons. The summed E-state index contributed by atoms with van der Waals surface area (Å²) in [4.78, 5) is 12.1. The standard InChI is InChI=1S/C27H44O2/c1-17(2)7-6-8-18(3)21-9-10-22-20-16-25(29)24-15-19(28)11-13-27(24,5)23(20)12-14-26(21,22)4/h15,17-18,20-23,25,29H,6-14,16H2,1-5H3/t18-,20-,21+,22+,23+,25-,26+,27+/m0/s1. The SMILES string of the molecule is CC(C)CCC[C@H](C)[C@H]1CC[C@@H]2[C@@H]3C[C@H](O)C4=CC(=O)CC[C@]4(C)[C@@H]3CC[C@@]21C. The second-order valence-corrected chi connectivity index (χ2v) is 12.1. The molecule has 4 aliphatic carbocycles. The van der Waals surface area contributed by atoms with Crippen molar-refractivity contribution in [2.45, 2.75) is 105 Å². The number of hydrogen-bond donors (Lipinski definition) is 1. The Labute approximate surface area is 178 Å². The molecule has 8 atom stereocenters. The van der Waals surface area contributed by atoms with Crippen LogP contribution in [0.4, 0.5) is 0 Å². The fourth-order valence-corrected chi connectivity index (χ4v) is 8.63. The predicted octanol–water partition coefficient (Wildman–Crippen LogP) is 6.57. The molecule has 4 rings (SSSR count). The van der Waals surface area contributed by atoms with Crippen LogP contribution in [0.25, 0.3) is 0 Å². The van der Waals surface area contributed by atoms with E-state index >= 15 is 0 Å². The molecule has 0 aromatic rings. The van der Waals surface area contributed by atoms with Crippen LogP contribution in [-0.2, 0) is 4.79 Å². The summed E-state index contributed by atoms with van der Waals surface area (Å²) in [5, 5.41) is 11.1. The highest BCUT2D eigenvalue weighted by Crippen LogP contribution is 2.67. The molecule has 164 valence electrons. The third-order valence-electron chi connectivity index (χ3n) is 10.2. The predicted molar refractivity (Wildman–Crippen MR) is 119 cm³/mol. The van der Waals surface area contributed by atoms with Gasteiger partial charge >= 0.3 is 0 Å². The molecule has 0 saturated heterocycles. The second-order valence-electron chi connectivity index (χ2n) is 12.1. The number of carbonyl (C=O) groups excluding carboxylic acids is 1. The molecule has 3 fully saturated rings. The first-order chi connectivity index (χ1) is 13.7. The lowest BCUT2D eigenvalue weighted by Crippen LogP contribution is -2.54. The number of aliphatic hydroxyl groups excluding tert-OH is 1. The van der Waals surface area contributed by atoms with Crippen molar-refractivity contribution in [3.8, 4) is 0 Å². The van der Waals surface area contributed by atoms with Crippen LogP contribution in [0.2, 0.25) is 0 Å². The van der Waals surface area contributed by atoms with Gasteiger partial charge in [-0.3, -0.25) is 4.79 Å². The molecule has 0 bridgehead atoms. The Balaban J connectivity index is 1.53. The highest BCUT2D eigenvalue weighted by molar-refractivity contribution is 5.91. The van der Waals surface area contributed by atoms with E-state index in [0.29, 0.717) is 23.7 Å². The van der Waals surface area contributed by atoms with Crippen LogP contribution in [0.1, 0.15) is 98.8 Å². The second kappa shape index (κ2) is 7.81. The van der Waals surface area contributed by atoms with Crippen LogP contribution in [0.3, 0.4) is 0 Å². The number of hydrogen-bond acceptors (Lipinski definition) is 2. The van der Waals surface area contributed by atoms with E-state index in [1.165, 1.54) is 44.9 Å². The summed E-state index contributed by atoms with van der Waals surface area (Å²) in [6, 6.07) is 0. The van der Waals surface area contributed by atoms with Gasteiger partial charge in [0.1, 0.15) is 0 Å². The summed E-state index contributed by atoms with van der Waals surface area (Å²) in [7, 11) is 0. The zero-order valence-electron chi connectivity index (χ0n) is 19.5. The van der Waals surface area contributed by atoms with Gasteiger partial charge in [-0.25, -0.2) is 0 Å². The molecular weight excluding hydrogens is 356 g/mol. The maximum atomic E-state index is 12.1. The molecule has 0 aliphatic heterocycles. The van der Waals surface area contributed by atoms with Gasteiger partial charge in [0, 0.05) is 6.42 Å². The Morgan fingerprint density at radius 2 is 1.83 bits per heavy atom. The van der Waals surface area contributed by atoms with Crippen molar-refractivity contribution < 1.29 is 9.90 Å². The smallest absolute Gasteiger partial charge is 0.155 e. The highest BCUT2D eigenvalue weighted by Gasteiger charge is 2.60. The van der Waals surface area contributed by atoms with Crippen LogP contribution in [-0.4, -0.2) is 17.0 Å². The van der Waals surface area contributed by atoms with Gasteiger partial charge in [0.2, 0.25) is 0 Å². The van der Waals surface area contributed by atoms with Gasteiger partial charge in [-0.05, 0) is 96.5 Å². The highest BCUT2D eigenvalue weighted by atomic mass is 16.3. The molecule has 0 aromatic heterocycles. The van der Waals surface area contributed by atoms with E-state index in [4.69, 9.17) is 0 Å². The van der Waals surface area contributed by atoms with Gasteiger partial charge in [-0.15, -0.1) is 0 Å². The number of rotatable bonds is 5. The third-order valence-corrected chi connectivity index (χ3v) is 10.2. The number of carbonyl (C=O) groups is 1. The summed E-state index contributed by atoms with van der Waals surface area (Å²) in [6.07, 6.45) is 13.5. The van der Waals surface area contributed by atoms with Crippen molar-refractivity contribution >= 4 is 5.78 Å². The molecule has 3 saturated carbocycles. The van der Waals surface area contributed by atoms with Crippen LogP contribution in [0.15, 0.2) is 11.6 Å². The summed E-state index contributed by atoms with van der Waals surface area (Å²) >= 11 is 0. The maximum Gasteiger partial charge on any atom is 0.155 e. The normalized spacial score (nSPS) is 45.4. The molecule has 0 unspecified atom stereocenters. The van der Waals surface area contributed by atoms with Crippen molar-refractivity contribution in [2.24, 2.45) is 46.3 Å². The average molecular weight is 401 g/mol. The van der Waals surface area contributed by atoms with E-state index in [1.807, 2.05) is 6.08 Å². The monoisotopic (exact) mass is 400 g/mol. The molecule has 2 heteroatoms. The van der Waals surface area contributed by atoms with Crippen molar-refractivity contribution in [2.75, 3.05) is 0 Å². The fourth-order valence-electron chi connectivity index (χ4n) is 8.63. The molecule has 0 spiro atoms. The Hall–Kier alpha value is -0.630. The summed E-state index contributed by atoms with van der Waals surface area (Å²) in [6.45, 7) is 12.2. The van der Waals surface area contributed by atoms with Crippen molar-refractivity contribution in [1.82, 2.24) is 0 Å². The minimum absolute atomic E-state index is 0.0541. The average Bonchev–Trinajstić information content (AvgIpc) is 3.00. The zero-order chi connectivity index (χ0) is 21.0. The van der Waals surface area contributed by atoms with Gasteiger partial charge in [0.15, 0.2) is 5.78 Å². The van der Waals surface area contributed by atoms with E-state index in [1.54, 1.807) is 0 Å². The van der Waals surface area contributed by atoms with Gasteiger partial charge in [0.25, 0.3) is 0 Å². The third kappa shape index (κ3) is 3.56. The molecule has 29 heavy (non-hydrogen) atoms. The largest absolute Gasteiger partial charge is 0.389 e. The van der Waals surface area contributed by atoms with Crippen molar-refractivity contribution in [1.29, 1.82) is 0 Å². The number of aliphatic hydroxyl groups is 1. The lowest BCUT2D eigenvalue weighted by molar-refractivity contribution is -0.119. The van der Waals surface area contributed by atoms with E-state index in [0.717, 1.165) is 42.1 Å². The minimum atomic E-state index is -0.393. The lowest BCUT2D eigenvalue weighted by Gasteiger charge is -2.59. The quantitative estimate of drug-likeness (QED) is 0.567. The van der Waals surface area contributed by atoms with E-state index < -0.39 is 6.10 Å². The lowest BCUT2D eigenvalue weighted by atomic mass is 9.46. The van der Waals surface area contributed by atoms with E-state index in [9.17, 15) is 9.90 Å². The number of fused-ring (bicyclic) bond motifs is 5. The molecular formula is C27H44O2.